The largest absolute Gasteiger partial charge is 0.492 e. The Morgan fingerprint density at radius 2 is 2.04 bits per heavy atom. The summed E-state index contributed by atoms with van der Waals surface area (Å²) in [5.74, 6) is 1.27. The molecule has 134 valence electrons. The number of aryl methyl sites for hydroxylation is 1. The Kier molecular flexibility index (Phi) is 5.90. The van der Waals surface area contributed by atoms with Crippen LogP contribution in [0.5, 0.6) is 5.75 Å². The number of hydrogen-bond donors (Lipinski definition) is 2. The lowest BCUT2D eigenvalue weighted by Gasteiger charge is -2.26. The molecule has 1 aromatic heterocycles. The zero-order chi connectivity index (χ0) is 17.5. The Bertz CT molecular complexity index is 694. The zero-order valence-electron chi connectivity index (χ0n) is 14.6. The third-order valence-corrected chi connectivity index (χ3v) is 4.17. The predicted octanol–water partition coefficient (Wildman–Crippen LogP) is 2.93. The lowest BCUT2D eigenvalue weighted by Crippen LogP contribution is -2.33. The van der Waals surface area contributed by atoms with E-state index in [0.717, 1.165) is 12.3 Å². The summed E-state index contributed by atoms with van der Waals surface area (Å²) in [6.07, 6.45) is 5.67. The molecule has 0 atom stereocenters. The van der Waals surface area contributed by atoms with Crippen molar-refractivity contribution in [1.29, 1.82) is 0 Å². The summed E-state index contributed by atoms with van der Waals surface area (Å²) in [5, 5.41) is 9.59. The fourth-order valence-corrected chi connectivity index (χ4v) is 2.90. The van der Waals surface area contributed by atoms with Crippen molar-refractivity contribution < 1.29 is 9.53 Å². The van der Waals surface area contributed by atoms with E-state index in [2.05, 4.69) is 20.6 Å². The number of carbonyl (C=O) groups is 1. The highest BCUT2D eigenvalue weighted by molar-refractivity contribution is 5.99. The van der Waals surface area contributed by atoms with Crippen LogP contribution in [0.25, 0.3) is 0 Å². The van der Waals surface area contributed by atoms with Crippen molar-refractivity contribution in [1.82, 2.24) is 14.7 Å². The minimum Gasteiger partial charge on any atom is -0.492 e. The molecule has 0 spiro atoms. The minimum atomic E-state index is -0.329. The third-order valence-electron chi connectivity index (χ3n) is 4.17. The van der Waals surface area contributed by atoms with Crippen LogP contribution in [-0.4, -0.2) is 47.0 Å². The van der Waals surface area contributed by atoms with Crippen LogP contribution >= 0.6 is 0 Å². The molecule has 3 rings (SSSR count). The van der Waals surface area contributed by atoms with Gasteiger partial charge in [-0.1, -0.05) is 12.5 Å². The number of hydrogen-bond acceptors (Lipinski definition) is 4. The fourth-order valence-electron chi connectivity index (χ4n) is 2.90. The number of urea groups is 1. The monoisotopic (exact) mass is 343 g/mol. The van der Waals surface area contributed by atoms with Crippen LogP contribution in [0.1, 0.15) is 19.3 Å². The van der Waals surface area contributed by atoms with Gasteiger partial charge < -0.3 is 10.1 Å². The van der Waals surface area contributed by atoms with Gasteiger partial charge in [0.05, 0.1) is 0 Å². The Hall–Kier alpha value is -2.54. The Morgan fingerprint density at radius 1 is 1.20 bits per heavy atom. The van der Waals surface area contributed by atoms with Crippen molar-refractivity contribution in [3.05, 3.63) is 36.5 Å². The SMILES string of the molecule is Cn1ccc(NC(=O)Nc2cccc(OCCN3CCCCC3)c2)n1. The van der Waals surface area contributed by atoms with Crippen LogP contribution in [-0.2, 0) is 7.05 Å². The van der Waals surface area contributed by atoms with Crippen molar-refractivity contribution in [3.8, 4) is 5.75 Å². The summed E-state index contributed by atoms with van der Waals surface area (Å²) in [4.78, 5) is 14.4. The van der Waals surface area contributed by atoms with Crippen molar-refractivity contribution in [3.63, 3.8) is 0 Å². The molecule has 1 aromatic carbocycles. The second kappa shape index (κ2) is 8.53. The maximum atomic E-state index is 12.0. The van der Waals surface area contributed by atoms with Gasteiger partial charge in [0.2, 0.25) is 0 Å². The molecule has 7 nitrogen and oxygen atoms in total. The maximum Gasteiger partial charge on any atom is 0.324 e. The normalized spacial score (nSPS) is 14.9. The number of rotatable bonds is 6. The number of nitrogens with one attached hydrogen (secondary N) is 2. The first-order chi connectivity index (χ1) is 12.2. The lowest BCUT2D eigenvalue weighted by molar-refractivity contribution is 0.183. The van der Waals surface area contributed by atoms with E-state index in [4.69, 9.17) is 4.74 Å². The van der Waals surface area contributed by atoms with Gasteiger partial charge in [0.1, 0.15) is 12.4 Å². The van der Waals surface area contributed by atoms with E-state index in [-0.39, 0.29) is 6.03 Å². The quantitative estimate of drug-likeness (QED) is 0.846. The molecule has 1 fully saturated rings. The Labute approximate surface area is 148 Å². The average Bonchev–Trinajstić information content (AvgIpc) is 3.01. The van der Waals surface area contributed by atoms with Crippen LogP contribution in [0, 0.1) is 0 Å². The van der Waals surface area contributed by atoms with Crippen LogP contribution in [0.3, 0.4) is 0 Å². The molecule has 0 saturated carbocycles. The number of aromatic nitrogens is 2. The van der Waals surface area contributed by atoms with E-state index in [1.165, 1.54) is 32.4 Å². The van der Waals surface area contributed by atoms with E-state index < -0.39 is 0 Å². The third kappa shape index (κ3) is 5.49. The van der Waals surface area contributed by atoms with E-state index in [1.54, 1.807) is 24.0 Å². The highest BCUT2D eigenvalue weighted by atomic mass is 16.5. The molecular formula is C18H25N5O2. The van der Waals surface area contributed by atoms with Gasteiger partial charge in [-0.2, -0.15) is 5.10 Å². The number of carbonyl (C=O) groups excluding carboxylic acids is 1. The van der Waals surface area contributed by atoms with Crippen molar-refractivity contribution in [2.24, 2.45) is 7.05 Å². The summed E-state index contributed by atoms with van der Waals surface area (Å²) >= 11 is 0. The van der Waals surface area contributed by atoms with Gasteiger partial charge in [0.15, 0.2) is 5.82 Å². The Morgan fingerprint density at radius 3 is 2.80 bits per heavy atom. The van der Waals surface area contributed by atoms with E-state index in [9.17, 15) is 4.79 Å². The molecule has 1 aliphatic rings. The first-order valence-corrected chi connectivity index (χ1v) is 8.72. The molecular weight excluding hydrogens is 318 g/mol. The van der Waals surface area contributed by atoms with Crippen LogP contribution in [0.2, 0.25) is 0 Å². The van der Waals surface area contributed by atoms with E-state index in [0.29, 0.717) is 18.1 Å². The van der Waals surface area contributed by atoms with Gasteiger partial charge in [0, 0.05) is 37.6 Å². The molecule has 2 amide bonds. The molecule has 0 bridgehead atoms. The second-order valence-corrected chi connectivity index (χ2v) is 6.23. The van der Waals surface area contributed by atoms with E-state index >= 15 is 0 Å². The number of likely N-dealkylation sites (tertiary alicyclic amines) is 1. The summed E-state index contributed by atoms with van der Waals surface area (Å²) in [5.41, 5.74) is 0.684. The number of anilines is 2. The number of benzene rings is 1. The first-order valence-electron chi connectivity index (χ1n) is 8.72. The number of amides is 2. The zero-order valence-corrected chi connectivity index (χ0v) is 14.6. The molecule has 2 aromatic rings. The predicted molar refractivity (Wildman–Crippen MR) is 98.1 cm³/mol. The smallest absolute Gasteiger partial charge is 0.324 e. The lowest BCUT2D eigenvalue weighted by atomic mass is 10.1. The average molecular weight is 343 g/mol. The molecule has 0 radical (unpaired) electrons. The van der Waals surface area contributed by atoms with Gasteiger partial charge in [-0.3, -0.25) is 14.9 Å². The highest BCUT2D eigenvalue weighted by Gasteiger charge is 2.10. The van der Waals surface area contributed by atoms with Gasteiger partial charge in [-0.15, -0.1) is 0 Å². The molecule has 0 aliphatic carbocycles. The number of piperidine rings is 1. The van der Waals surface area contributed by atoms with Crippen LogP contribution in [0.4, 0.5) is 16.3 Å². The van der Waals surface area contributed by atoms with E-state index in [1.807, 2.05) is 24.3 Å². The fraction of sp³-hybridized carbons (Fsp3) is 0.444. The summed E-state index contributed by atoms with van der Waals surface area (Å²) < 4.78 is 7.45. The molecule has 1 saturated heterocycles. The van der Waals surface area contributed by atoms with Crippen LogP contribution < -0.4 is 15.4 Å². The van der Waals surface area contributed by atoms with Crippen molar-refractivity contribution in [2.75, 3.05) is 36.9 Å². The molecule has 2 heterocycles. The van der Waals surface area contributed by atoms with Crippen molar-refractivity contribution >= 4 is 17.5 Å². The first kappa shape index (κ1) is 17.3. The summed E-state index contributed by atoms with van der Waals surface area (Å²) in [6.45, 7) is 3.93. The topological polar surface area (TPSA) is 71.4 Å². The maximum absolute atomic E-state index is 12.0. The minimum absolute atomic E-state index is 0.329. The molecule has 1 aliphatic heterocycles. The Balaban J connectivity index is 1.46. The van der Waals surface area contributed by atoms with Gasteiger partial charge in [0.25, 0.3) is 0 Å². The molecule has 7 heteroatoms. The number of nitrogens with zero attached hydrogens (tertiary/aromatic N) is 3. The molecule has 25 heavy (non-hydrogen) atoms. The van der Waals surface area contributed by atoms with Gasteiger partial charge >= 0.3 is 6.03 Å². The standard InChI is InChI=1S/C18H25N5O2/c1-22-11-8-17(21-22)20-18(24)19-15-6-5-7-16(14-15)25-13-12-23-9-3-2-4-10-23/h5-8,11,14H,2-4,9-10,12-13H2,1H3,(H2,19,20,21,24). The summed E-state index contributed by atoms with van der Waals surface area (Å²) in [6, 6.07) is 8.83. The number of ether oxygens (including phenoxy) is 1. The van der Waals surface area contributed by atoms with Crippen molar-refractivity contribution in [2.45, 2.75) is 19.3 Å². The van der Waals surface area contributed by atoms with Crippen LogP contribution in [0.15, 0.2) is 36.5 Å². The molecule has 0 unspecified atom stereocenters. The van der Waals surface area contributed by atoms with Gasteiger partial charge in [-0.25, -0.2) is 4.79 Å². The highest BCUT2D eigenvalue weighted by Crippen LogP contribution is 2.18. The second-order valence-electron chi connectivity index (χ2n) is 6.23. The summed E-state index contributed by atoms with van der Waals surface area (Å²) in [7, 11) is 1.80. The molecule has 2 N–H and O–H groups in total. The van der Waals surface area contributed by atoms with Gasteiger partial charge in [-0.05, 0) is 38.1 Å².